The molecular formula is C18H18N6O3S. The zero-order valence-electron chi connectivity index (χ0n) is 15.3. The number of hydrogen-bond donors (Lipinski definition) is 2. The topological polar surface area (TPSA) is 118 Å². The molecule has 144 valence electrons. The summed E-state index contributed by atoms with van der Waals surface area (Å²) in [4.78, 5) is 21.0. The molecule has 2 aromatic heterocycles. The van der Waals surface area contributed by atoms with Crippen molar-refractivity contribution in [1.82, 2.24) is 19.5 Å². The van der Waals surface area contributed by atoms with Crippen LogP contribution in [0.5, 0.6) is 0 Å². The summed E-state index contributed by atoms with van der Waals surface area (Å²) in [5.41, 5.74) is 2.67. The van der Waals surface area contributed by atoms with Crippen molar-refractivity contribution < 1.29 is 13.2 Å². The Bertz CT molecular complexity index is 1230. The molecule has 0 atom stereocenters. The number of hydrogen-bond acceptors (Lipinski definition) is 6. The lowest BCUT2D eigenvalue weighted by Crippen LogP contribution is -2.23. The number of amides is 1. The molecule has 0 spiro atoms. The number of sulfonamides is 1. The Morgan fingerprint density at radius 1 is 1.32 bits per heavy atom. The van der Waals surface area contributed by atoms with Gasteiger partial charge in [-0.2, -0.15) is 5.10 Å². The average Bonchev–Trinajstić information content (AvgIpc) is 3.08. The Hall–Kier alpha value is -3.27. The molecule has 0 aliphatic carbocycles. The third-order valence-corrected chi connectivity index (χ3v) is 5.82. The van der Waals surface area contributed by atoms with E-state index < -0.39 is 10.0 Å². The van der Waals surface area contributed by atoms with Crippen molar-refractivity contribution in [2.75, 3.05) is 11.9 Å². The van der Waals surface area contributed by atoms with Gasteiger partial charge in [0.2, 0.25) is 5.91 Å². The summed E-state index contributed by atoms with van der Waals surface area (Å²) in [5.74, 6) is 0.0265. The van der Waals surface area contributed by atoms with E-state index in [-0.39, 0.29) is 29.6 Å². The van der Waals surface area contributed by atoms with E-state index in [9.17, 15) is 13.2 Å². The van der Waals surface area contributed by atoms with Gasteiger partial charge in [0.1, 0.15) is 5.84 Å². The van der Waals surface area contributed by atoms with Crippen LogP contribution in [0, 0.1) is 6.92 Å². The number of benzene rings is 1. The van der Waals surface area contributed by atoms with Gasteiger partial charge in [-0.1, -0.05) is 12.1 Å². The summed E-state index contributed by atoms with van der Waals surface area (Å²) in [6, 6.07) is 8.44. The lowest BCUT2D eigenvalue weighted by atomic mass is 10.2. The molecule has 9 nitrogen and oxygen atoms in total. The van der Waals surface area contributed by atoms with Gasteiger partial charge in [0.15, 0.2) is 5.65 Å². The maximum absolute atomic E-state index is 12.2. The van der Waals surface area contributed by atoms with E-state index in [1.54, 1.807) is 29.1 Å². The van der Waals surface area contributed by atoms with Crippen LogP contribution in [0.1, 0.15) is 17.7 Å². The monoisotopic (exact) mass is 398 g/mol. The fraction of sp³-hybridized carbons (Fsp3) is 0.222. The highest BCUT2D eigenvalue weighted by atomic mass is 32.2. The molecule has 0 bridgehead atoms. The molecule has 0 radical (unpaired) electrons. The summed E-state index contributed by atoms with van der Waals surface area (Å²) in [7, 11) is -1.76. The zero-order valence-corrected chi connectivity index (χ0v) is 16.1. The van der Waals surface area contributed by atoms with Gasteiger partial charge in [0.05, 0.1) is 29.0 Å². The SMILES string of the molecule is Cc1nn(C)c2ncc(NC(=O)CCN=C3NS(=O)(=O)c4ccccc43)cc12. The van der Waals surface area contributed by atoms with Gasteiger partial charge in [-0.05, 0) is 25.1 Å². The second-order valence-electron chi connectivity index (χ2n) is 6.43. The van der Waals surface area contributed by atoms with Crippen molar-refractivity contribution in [3.05, 3.63) is 47.8 Å². The number of nitrogens with zero attached hydrogens (tertiary/aromatic N) is 4. The second-order valence-corrected chi connectivity index (χ2v) is 8.09. The zero-order chi connectivity index (χ0) is 19.9. The Balaban J connectivity index is 1.43. The van der Waals surface area contributed by atoms with Gasteiger partial charge < -0.3 is 5.32 Å². The highest BCUT2D eigenvalue weighted by Gasteiger charge is 2.29. The Labute approximate surface area is 161 Å². The third kappa shape index (κ3) is 3.22. The van der Waals surface area contributed by atoms with E-state index in [2.05, 4.69) is 25.1 Å². The molecule has 1 aliphatic rings. The van der Waals surface area contributed by atoms with E-state index in [1.165, 1.54) is 6.07 Å². The smallest absolute Gasteiger partial charge is 0.263 e. The molecule has 0 unspecified atom stereocenters. The molecule has 0 fully saturated rings. The number of anilines is 1. The van der Waals surface area contributed by atoms with Crippen molar-refractivity contribution in [2.24, 2.45) is 12.0 Å². The number of carbonyl (C=O) groups is 1. The number of carbonyl (C=O) groups excluding carboxylic acids is 1. The van der Waals surface area contributed by atoms with E-state index in [1.807, 2.05) is 20.0 Å². The van der Waals surface area contributed by atoms with Gasteiger partial charge in [0, 0.05) is 24.4 Å². The van der Waals surface area contributed by atoms with Gasteiger partial charge in [-0.25, -0.2) is 13.4 Å². The normalized spacial score (nSPS) is 16.1. The van der Waals surface area contributed by atoms with E-state index in [0.29, 0.717) is 11.3 Å². The lowest BCUT2D eigenvalue weighted by Gasteiger charge is -2.05. The van der Waals surface area contributed by atoms with Gasteiger partial charge in [0.25, 0.3) is 10.0 Å². The van der Waals surface area contributed by atoms with Gasteiger partial charge in [-0.15, -0.1) is 0 Å². The molecule has 4 rings (SSSR count). The van der Waals surface area contributed by atoms with Crippen LogP contribution in [0.4, 0.5) is 5.69 Å². The molecule has 2 N–H and O–H groups in total. The first-order valence-electron chi connectivity index (χ1n) is 8.61. The second kappa shape index (κ2) is 6.71. The standard InChI is InChI=1S/C18H18N6O3S/c1-11-14-9-12(10-20-18(14)24(2)22-11)21-16(25)7-8-19-17-13-5-3-4-6-15(13)28(26,27)23-17/h3-6,9-10H,7-8H2,1-2H3,(H,19,23)(H,21,25). The largest absolute Gasteiger partial charge is 0.325 e. The van der Waals surface area contributed by atoms with Crippen LogP contribution >= 0.6 is 0 Å². The molecular weight excluding hydrogens is 380 g/mol. The molecule has 3 heterocycles. The number of nitrogens with one attached hydrogen (secondary N) is 2. The predicted molar refractivity (Wildman–Crippen MR) is 105 cm³/mol. The van der Waals surface area contributed by atoms with Crippen LogP contribution in [0.15, 0.2) is 46.4 Å². The average molecular weight is 398 g/mol. The first kappa shape index (κ1) is 18.1. The fourth-order valence-electron chi connectivity index (χ4n) is 3.12. The van der Waals surface area contributed by atoms with Crippen molar-refractivity contribution in [1.29, 1.82) is 0 Å². The Kier molecular flexibility index (Phi) is 4.34. The summed E-state index contributed by atoms with van der Waals surface area (Å²) in [5, 5.41) is 7.96. The molecule has 0 saturated heterocycles. The molecule has 1 aliphatic heterocycles. The minimum Gasteiger partial charge on any atom is -0.325 e. The highest BCUT2D eigenvalue weighted by Crippen LogP contribution is 2.22. The van der Waals surface area contributed by atoms with E-state index in [0.717, 1.165) is 16.7 Å². The van der Waals surface area contributed by atoms with Crippen molar-refractivity contribution in [3.8, 4) is 0 Å². The van der Waals surface area contributed by atoms with Crippen molar-refractivity contribution in [3.63, 3.8) is 0 Å². The maximum atomic E-state index is 12.2. The summed E-state index contributed by atoms with van der Waals surface area (Å²) < 4.78 is 28.2. The molecule has 1 amide bonds. The van der Waals surface area contributed by atoms with Crippen molar-refractivity contribution >= 4 is 38.5 Å². The minimum absolute atomic E-state index is 0.109. The van der Waals surface area contributed by atoms with Crippen LogP contribution in [0.25, 0.3) is 11.0 Å². The number of pyridine rings is 1. The molecule has 3 aromatic rings. The van der Waals surface area contributed by atoms with Gasteiger partial charge in [-0.3, -0.25) is 19.2 Å². The Morgan fingerprint density at radius 2 is 2.11 bits per heavy atom. The fourth-order valence-corrected chi connectivity index (χ4v) is 4.37. The van der Waals surface area contributed by atoms with Crippen LogP contribution in [-0.4, -0.2) is 41.5 Å². The molecule has 10 heteroatoms. The third-order valence-electron chi connectivity index (χ3n) is 4.42. The molecule has 28 heavy (non-hydrogen) atoms. The van der Waals surface area contributed by atoms with Crippen LogP contribution < -0.4 is 10.0 Å². The maximum Gasteiger partial charge on any atom is 0.263 e. The van der Waals surface area contributed by atoms with Crippen LogP contribution in [-0.2, 0) is 21.9 Å². The summed E-state index contributed by atoms with van der Waals surface area (Å²) >= 11 is 0. The predicted octanol–water partition coefficient (Wildman–Crippen LogP) is 1.34. The lowest BCUT2D eigenvalue weighted by molar-refractivity contribution is -0.116. The van der Waals surface area contributed by atoms with E-state index in [4.69, 9.17) is 0 Å². The quantitative estimate of drug-likeness (QED) is 0.688. The van der Waals surface area contributed by atoms with E-state index >= 15 is 0 Å². The van der Waals surface area contributed by atoms with Crippen LogP contribution in [0.3, 0.4) is 0 Å². The highest BCUT2D eigenvalue weighted by molar-refractivity contribution is 7.90. The summed E-state index contributed by atoms with van der Waals surface area (Å²) in [6.45, 7) is 2.03. The number of rotatable bonds is 4. The van der Waals surface area contributed by atoms with Gasteiger partial charge >= 0.3 is 0 Å². The van der Waals surface area contributed by atoms with Crippen LogP contribution in [0.2, 0.25) is 0 Å². The molecule has 1 aromatic carbocycles. The first-order valence-corrected chi connectivity index (χ1v) is 10.1. The minimum atomic E-state index is -3.57. The first-order chi connectivity index (χ1) is 13.3. The summed E-state index contributed by atoms with van der Waals surface area (Å²) in [6.07, 6.45) is 1.69. The Morgan fingerprint density at radius 3 is 2.93 bits per heavy atom. The number of aryl methyl sites for hydroxylation is 2. The molecule has 0 saturated carbocycles. The number of amidine groups is 1. The number of aliphatic imine (C=N–C) groups is 1. The number of aromatic nitrogens is 3. The van der Waals surface area contributed by atoms with Crippen molar-refractivity contribution in [2.45, 2.75) is 18.2 Å². The number of fused-ring (bicyclic) bond motifs is 2.